The molecule has 414 valence electrons. The smallest absolute Gasteiger partial charge is 0.291 e. The molecule has 71 heavy (non-hydrogen) atoms. The van der Waals surface area contributed by atoms with Gasteiger partial charge in [0.15, 0.2) is 36.4 Å². The van der Waals surface area contributed by atoms with Crippen molar-refractivity contribution in [2.45, 2.75) is 217 Å². The van der Waals surface area contributed by atoms with Gasteiger partial charge in [0.05, 0.1) is 5.75 Å². The molecule has 0 bridgehead atoms. The van der Waals surface area contributed by atoms with Gasteiger partial charge in [-0.3, -0.25) is 14.2 Å². The summed E-state index contributed by atoms with van der Waals surface area (Å²) < 4.78 is 33.6. The molecule has 0 saturated carbocycles. The predicted octanol–water partition coefficient (Wildman–Crippen LogP) is 8.91. The van der Waals surface area contributed by atoms with Crippen molar-refractivity contribution in [2.75, 3.05) is 24.8 Å². The number of rotatable bonds is 10. The minimum absolute atomic E-state index is 0.0287. The van der Waals surface area contributed by atoms with E-state index in [4.69, 9.17) is 9.92 Å². The highest BCUT2D eigenvalue weighted by atomic mass is 32.2. The number of H-pyrrole nitrogens is 1. The van der Waals surface area contributed by atoms with Gasteiger partial charge in [0.2, 0.25) is 0 Å². The molecule has 0 aliphatic carbocycles. The molecule has 20 nitrogen and oxygen atoms in total. The molecule has 1 atom stereocenters. The van der Waals surface area contributed by atoms with Crippen LogP contribution in [-0.2, 0) is 61.1 Å². The molecular weight excluding hydrogens is 946 g/mol. The Hall–Kier alpha value is -3.62. The van der Waals surface area contributed by atoms with Crippen LogP contribution in [0.1, 0.15) is 190 Å². The second kappa shape index (κ2) is 31.2. The maximum Gasteiger partial charge on any atom is 0.291 e. The van der Waals surface area contributed by atoms with Gasteiger partial charge in [-0.15, -0.1) is 25.5 Å². The van der Waals surface area contributed by atoms with Crippen molar-refractivity contribution in [1.82, 2.24) is 61.0 Å². The SMILES string of the molecule is CB(O)C(C)(C)C.CC(=O)CC(C)(C)C.CC(=O)Cn1nnc(CC(C)(C)C)n1.CC(=O)Cn1nnnc1CC(C)(C)C.CC(C)(C)CP(C)(=O)O.CC(C)(C)CS(C)(=O)=O.CC(C)(C)Cc1nn[nH]n1. The minimum atomic E-state index is -2.79. The van der Waals surface area contributed by atoms with Gasteiger partial charge in [-0.2, -0.15) is 10.0 Å². The highest BCUT2D eigenvalue weighted by molar-refractivity contribution is 7.90. The molecule has 0 fully saturated rings. The van der Waals surface area contributed by atoms with Crippen LogP contribution in [0.15, 0.2) is 0 Å². The average molecular weight is 1050 g/mol. The first-order chi connectivity index (χ1) is 31.1. The number of hydrogen-bond acceptors (Lipinski definition) is 16. The van der Waals surface area contributed by atoms with Crippen LogP contribution in [-0.4, -0.2) is 128 Å². The quantitative estimate of drug-likeness (QED) is 0.126. The number of carbonyl (C=O) groups excluding carboxylic acids is 3. The largest absolute Gasteiger partial charge is 0.450 e. The standard InChI is InChI=1S/2C9H16N4O.C7H14O.C6H12N4.C6H15O2P.C6H14O2S.C5H13BO/c1-7(14)6-13-8(10-11-12-13)5-9(2,3)4;1-7(14)6-13-11-8(10-12-13)5-9(2,3)4;1-6(8)5-7(2,3)4;1-6(2,3)4-5-7-9-10-8-5;2*1-6(2,3)5-9(4,7)8;1-5(2,3)6(4)7/h2*5-6H2,1-4H3;5H2,1-4H3;4H2,1-3H3,(H,7,8,9,10);5H2,1-4H3,(H,7,8);5H2,1-4H3;7H,1-4H3. The number of hydrogen-bond donors (Lipinski definition) is 3. The molecule has 1 unspecified atom stereocenters. The highest BCUT2D eigenvalue weighted by Gasteiger charge is 2.23. The van der Waals surface area contributed by atoms with Crippen molar-refractivity contribution in [1.29, 1.82) is 0 Å². The topological polar surface area (TPSA) is 285 Å². The normalized spacial score (nSPS) is 12.9. The molecule has 23 heteroatoms. The van der Waals surface area contributed by atoms with Crippen LogP contribution in [0.2, 0.25) is 12.1 Å². The number of tetrazole rings is 3. The third-order valence-electron chi connectivity index (χ3n) is 7.79. The molecule has 3 rings (SSSR count). The number of aromatic amines is 1. The zero-order chi connectivity index (χ0) is 57.4. The first-order valence-corrected chi connectivity index (χ1v) is 28.3. The van der Waals surface area contributed by atoms with Crippen molar-refractivity contribution in [3.05, 3.63) is 17.5 Å². The number of Topliss-reactive ketones (excluding diaryl/α,β-unsaturated/α-hetero) is 3. The van der Waals surface area contributed by atoms with E-state index in [9.17, 15) is 27.4 Å². The van der Waals surface area contributed by atoms with Crippen molar-refractivity contribution < 1.29 is 37.3 Å². The molecule has 0 radical (unpaired) electrons. The number of ketones is 3. The maximum absolute atomic E-state index is 10.9. The molecular formula is C48H100BN12O8PS. The fraction of sp³-hybridized carbons (Fsp3) is 0.875. The Balaban J connectivity index is -0.000000375. The Morgan fingerprint density at radius 3 is 1.32 bits per heavy atom. The molecule has 3 heterocycles. The molecule has 3 aromatic heterocycles. The second-order valence-corrected chi connectivity index (χ2v) is 31.4. The highest BCUT2D eigenvalue weighted by Crippen LogP contribution is 2.41. The maximum atomic E-state index is 10.9. The van der Waals surface area contributed by atoms with Gasteiger partial charge in [0.1, 0.15) is 28.7 Å². The van der Waals surface area contributed by atoms with E-state index in [0.29, 0.717) is 18.4 Å². The zero-order valence-corrected chi connectivity index (χ0v) is 51.1. The number of carbonyl (C=O) groups is 3. The second-order valence-electron chi connectivity index (χ2n) is 26.8. The molecule has 3 N–H and O–H groups in total. The van der Waals surface area contributed by atoms with E-state index in [1.165, 1.54) is 31.6 Å². The summed E-state index contributed by atoms with van der Waals surface area (Å²) in [6, 6.07) is 0. The van der Waals surface area contributed by atoms with Crippen molar-refractivity contribution >= 4 is 41.5 Å². The lowest BCUT2D eigenvalue weighted by Crippen LogP contribution is -2.20. The van der Waals surface area contributed by atoms with Crippen LogP contribution in [0, 0.1) is 32.5 Å². The number of nitrogens with one attached hydrogen (secondary N) is 1. The van der Waals surface area contributed by atoms with Gasteiger partial charge >= 0.3 is 0 Å². The van der Waals surface area contributed by atoms with Crippen LogP contribution in [0.25, 0.3) is 0 Å². The summed E-state index contributed by atoms with van der Waals surface area (Å²) in [7, 11) is -5.57. The summed E-state index contributed by atoms with van der Waals surface area (Å²) in [6.07, 6.45) is 4.76. The van der Waals surface area contributed by atoms with Gasteiger partial charge in [-0.25, -0.2) is 13.1 Å². The third kappa shape index (κ3) is 58.8. The number of sulfone groups is 1. The van der Waals surface area contributed by atoms with Gasteiger partial charge in [0.25, 0.3) is 6.92 Å². The predicted molar refractivity (Wildman–Crippen MR) is 288 cm³/mol. The van der Waals surface area contributed by atoms with Crippen LogP contribution in [0.3, 0.4) is 0 Å². The van der Waals surface area contributed by atoms with E-state index in [2.05, 4.69) is 135 Å². The molecule has 0 spiro atoms. The monoisotopic (exact) mass is 1050 g/mol. The number of nitrogens with zero attached hydrogens (tertiary/aromatic N) is 11. The van der Waals surface area contributed by atoms with Crippen molar-refractivity contribution in [2.24, 2.45) is 32.5 Å². The fourth-order valence-corrected chi connectivity index (χ4v) is 8.72. The summed E-state index contributed by atoms with van der Waals surface area (Å²) in [5.74, 6) is 2.88. The first-order valence-electron chi connectivity index (χ1n) is 24.0. The van der Waals surface area contributed by atoms with Gasteiger partial charge in [-0.1, -0.05) is 157 Å². The van der Waals surface area contributed by atoms with E-state index in [1.807, 2.05) is 62.3 Å². The molecule has 0 aliphatic heterocycles. The van der Waals surface area contributed by atoms with Gasteiger partial charge in [0, 0.05) is 44.8 Å². The Morgan fingerprint density at radius 2 is 1.07 bits per heavy atom. The molecule has 0 aromatic carbocycles. The zero-order valence-electron chi connectivity index (χ0n) is 49.4. The van der Waals surface area contributed by atoms with Crippen LogP contribution < -0.4 is 0 Å². The number of aromatic nitrogens is 12. The van der Waals surface area contributed by atoms with Crippen molar-refractivity contribution in [3.63, 3.8) is 0 Å². The van der Waals surface area contributed by atoms with Gasteiger partial charge < -0.3 is 14.7 Å². The molecule has 3 aromatic rings. The molecule has 0 aliphatic rings. The summed E-state index contributed by atoms with van der Waals surface area (Å²) in [6.45, 7) is 51.1. The fourth-order valence-electron chi connectivity index (χ4n) is 5.39. The van der Waals surface area contributed by atoms with E-state index >= 15 is 0 Å². The summed E-state index contributed by atoms with van der Waals surface area (Å²) in [5.41, 5.74) is 0.551. The third-order valence-corrected chi connectivity index (χ3v) is 10.7. The van der Waals surface area contributed by atoms with E-state index in [0.717, 1.165) is 30.9 Å². The van der Waals surface area contributed by atoms with Crippen LogP contribution in [0.4, 0.5) is 0 Å². The average Bonchev–Trinajstić information content (AvgIpc) is 3.79. The molecule has 0 amide bonds. The van der Waals surface area contributed by atoms with Crippen LogP contribution >= 0.6 is 7.37 Å². The Bertz CT molecular complexity index is 2100. The lowest BCUT2D eigenvalue weighted by atomic mass is 9.50. The molecule has 0 saturated heterocycles. The van der Waals surface area contributed by atoms with E-state index in [-0.39, 0.29) is 80.9 Å². The Labute approximate surface area is 430 Å². The lowest BCUT2D eigenvalue weighted by molar-refractivity contribution is -0.119. The lowest BCUT2D eigenvalue weighted by Gasteiger charge is -2.19. The van der Waals surface area contributed by atoms with E-state index in [1.54, 1.807) is 18.4 Å². The minimum Gasteiger partial charge on any atom is -0.450 e. The van der Waals surface area contributed by atoms with Crippen molar-refractivity contribution in [3.8, 4) is 0 Å². The Kier molecular flexibility index (Phi) is 32.5. The van der Waals surface area contributed by atoms with Gasteiger partial charge in [-0.05, 0) is 74.2 Å². The first kappa shape index (κ1) is 73.9. The van der Waals surface area contributed by atoms with E-state index < -0.39 is 17.2 Å². The summed E-state index contributed by atoms with van der Waals surface area (Å²) >= 11 is 0. The summed E-state index contributed by atoms with van der Waals surface area (Å²) in [4.78, 5) is 42.4. The Morgan fingerprint density at radius 1 is 0.634 bits per heavy atom. The van der Waals surface area contributed by atoms with Crippen LogP contribution in [0.5, 0.6) is 0 Å². The summed E-state index contributed by atoms with van der Waals surface area (Å²) in [5, 5.41) is 45.6.